The number of aryl methyl sites for hydroxylation is 1. The first kappa shape index (κ1) is 27.4. The van der Waals surface area contributed by atoms with Gasteiger partial charge in [-0.25, -0.2) is 4.98 Å². The average Bonchev–Trinajstić information content (AvgIpc) is 3.79. The average molecular weight is 566 g/mol. The van der Waals surface area contributed by atoms with E-state index in [0.29, 0.717) is 42.4 Å². The van der Waals surface area contributed by atoms with Crippen LogP contribution in [-0.2, 0) is 18.2 Å². The Balaban J connectivity index is 1.31. The van der Waals surface area contributed by atoms with Crippen LogP contribution in [0.25, 0.3) is 11.2 Å². The van der Waals surface area contributed by atoms with Crippen LogP contribution in [0.4, 0.5) is 11.8 Å². The number of aliphatic hydroxyl groups excluding tert-OH is 3. The molecule has 2 saturated heterocycles. The first-order chi connectivity index (χ1) is 20.0. The summed E-state index contributed by atoms with van der Waals surface area (Å²) in [7, 11) is 1.61. The summed E-state index contributed by atoms with van der Waals surface area (Å²) in [6.45, 7) is 3.88. The van der Waals surface area contributed by atoms with Crippen molar-refractivity contribution in [1.82, 2.24) is 44.6 Å². The number of fused-ring (bicyclic) bond motifs is 1. The highest BCUT2D eigenvalue weighted by molar-refractivity contribution is 5.85. The number of hydrogen-bond acceptors (Lipinski definition) is 13. The number of benzene rings is 1. The Bertz CT molecular complexity index is 1440. The van der Waals surface area contributed by atoms with Crippen molar-refractivity contribution in [2.24, 2.45) is 7.05 Å². The number of nitrogens with one attached hydrogen (secondary N) is 1. The minimum absolute atomic E-state index is 0.165. The Labute approximate surface area is 236 Å². The zero-order valence-corrected chi connectivity index (χ0v) is 22.9. The summed E-state index contributed by atoms with van der Waals surface area (Å²) in [5.74, 6) is 0.987. The molecule has 3 aromatic heterocycles. The molecule has 1 aromatic carbocycles. The highest BCUT2D eigenvalue weighted by atomic mass is 16.6. The van der Waals surface area contributed by atoms with Crippen LogP contribution in [0.3, 0.4) is 0 Å². The van der Waals surface area contributed by atoms with E-state index in [-0.39, 0.29) is 12.6 Å². The lowest BCUT2D eigenvalue weighted by molar-refractivity contribution is -0.0384. The van der Waals surface area contributed by atoms with Crippen LogP contribution >= 0.6 is 0 Å². The van der Waals surface area contributed by atoms with E-state index in [2.05, 4.69) is 30.6 Å². The van der Waals surface area contributed by atoms with Crippen LogP contribution in [0.1, 0.15) is 36.6 Å². The van der Waals surface area contributed by atoms with Crippen molar-refractivity contribution in [2.75, 3.05) is 49.7 Å². The van der Waals surface area contributed by atoms with Gasteiger partial charge in [0.1, 0.15) is 18.9 Å². The maximum atomic E-state index is 11.0. The van der Waals surface area contributed by atoms with E-state index in [1.807, 2.05) is 30.3 Å². The largest absolute Gasteiger partial charge is 0.387 e. The van der Waals surface area contributed by atoms with Gasteiger partial charge in [-0.2, -0.15) is 14.8 Å². The normalized spacial score (nSPS) is 23.0. The molecule has 2 aliphatic rings. The predicted octanol–water partition coefficient (Wildman–Crippen LogP) is -0.152. The number of aliphatic hydroxyl groups is 3. The minimum atomic E-state index is -1.31. The van der Waals surface area contributed by atoms with E-state index in [9.17, 15) is 15.3 Å². The maximum Gasteiger partial charge on any atom is 0.226 e. The second-order valence-corrected chi connectivity index (χ2v) is 10.4. The molecule has 0 radical (unpaired) electrons. The van der Waals surface area contributed by atoms with Gasteiger partial charge in [-0.15, -0.1) is 10.2 Å². The lowest BCUT2D eigenvalue weighted by Crippen LogP contribution is -2.30. The predicted molar refractivity (Wildman–Crippen MR) is 148 cm³/mol. The third-order valence-electron chi connectivity index (χ3n) is 7.59. The monoisotopic (exact) mass is 565 g/mol. The Hall–Kier alpha value is -3.76. The van der Waals surface area contributed by atoms with E-state index < -0.39 is 24.5 Å². The van der Waals surface area contributed by atoms with Gasteiger partial charge < -0.3 is 35.2 Å². The van der Waals surface area contributed by atoms with Crippen LogP contribution in [0, 0.1) is 0 Å². The molecule has 2 fully saturated rings. The topological polar surface area (TPSA) is 176 Å². The molecule has 0 bridgehead atoms. The molecular formula is C26H35N11O4. The smallest absolute Gasteiger partial charge is 0.226 e. The number of anilines is 2. The third kappa shape index (κ3) is 5.71. The summed E-state index contributed by atoms with van der Waals surface area (Å²) in [6, 6.07) is 10.0. The molecule has 4 N–H and O–H groups in total. The molecule has 5 heterocycles. The van der Waals surface area contributed by atoms with E-state index in [1.54, 1.807) is 16.5 Å². The number of ether oxygens (including phenoxy) is 1. The molecule has 6 rings (SSSR count). The number of tetrazole rings is 1. The van der Waals surface area contributed by atoms with E-state index >= 15 is 0 Å². The summed E-state index contributed by atoms with van der Waals surface area (Å²) in [4.78, 5) is 19.4. The third-order valence-corrected chi connectivity index (χ3v) is 7.59. The summed E-state index contributed by atoms with van der Waals surface area (Å²) in [5, 5.41) is 47.3. The molecule has 0 spiro atoms. The number of hydrogen-bond donors (Lipinski definition) is 4. The van der Waals surface area contributed by atoms with Gasteiger partial charge in [0.05, 0.1) is 13.4 Å². The van der Waals surface area contributed by atoms with Crippen molar-refractivity contribution in [3.63, 3.8) is 0 Å². The van der Waals surface area contributed by atoms with Crippen LogP contribution in [-0.4, -0.2) is 112 Å². The van der Waals surface area contributed by atoms with E-state index in [4.69, 9.17) is 14.7 Å². The lowest BCUT2D eigenvalue weighted by Gasteiger charge is -2.23. The molecule has 2 aliphatic heterocycles. The molecule has 41 heavy (non-hydrogen) atoms. The molecule has 0 unspecified atom stereocenters. The number of aromatic nitrogens is 8. The SMILES string of the molecule is Cn1nnc([C@H]2O[C@@H](n3cnc4c(N(CO)CCc5ccccc5)nc(NCCN5CCCC5)nc43)[C@H](O)[C@@H]2O)n1. The molecule has 218 valence electrons. The Morgan fingerprint density at radius 3 is 2.63 bits per heavy atom. The Kier molecular flexibility index (Phi) is 8.02. The fraction of sp³-hybridized carbons (Fsp3) is 0.538. The van der Waals surface area contributed by atoms with E-state index in [1.165, 1.54) is 24.0 Å². The standard InChI is InChI=1S/C26H35N11O4/c1-34-32-22(31-33-34)21-19(39)20(40)25(41-21)37-15-28-18-23(36(16-38)13-9-17-7-3-2-4-8-17)29-26(30-24(18)37)27-10-14-35-11-5-6-12-35/h2-4,7-8,15,19-21,25,38-40H,5-6,9-14,16H2,1H3,(H,27,29,30)/t19-,20+,21-,25+/m0/s1. The molecular weight excluding hydrogens is 530 g/mol. The van der Waals surface area contributed by atoms with Crippen molar-refractivity contribution in [1.29, 1.82) is 0 Å². The number of likely N-dealkylation sites (tertiary alicyclic amines) is 1. The molecule has 0 aliphatic carbocycles. The molecule has 15 heteroatoms. The number of nitrogens with zero attached hydrogens (tertiary/aromatic N) is 10. The summed E-state index contributed by atoms with van der Waals surface area (Å²) in [6.07, 6.45) is -0.000328. The van der Waals surface area contributed by atoms with E-state index in [0.717, 1.165) is 25.2 Å². The second kappa shape index (κ2) is 12.0. The highest BCUT2D eigenvalue weighted by Gasteiger charge is 2.47. The number of rotatable bonds is 11. The molecule has 0 amide bonds. The van der Waals surface area contributed by atoms with Gasteiger partial charge in [-0.1, -0.05) is 30.3 Å². The molecule has 15 nitrogen and oxygen atoms in total. The Morgan fingerprint density at radius 2 is 1.90 bits per heavy atom. The molecule has 4 aromatic rings. The van der Waals surface area contributed by atoms with Crippen molar-refractivity contribution in [3.05, 3.63) is 48.0 Å². The lowest BCUT2D eigenvalue weighted by atomic mass is 10.1. The summed E-state index contributed by atoms with van der Waals surface area (Å²) < 4.78 is 7.63. The Morgan fingerprint density at radius 1 is 1.10 bits per heavy atom. The summed E-state index contributed by atoms with van der Waals surface area (Å²) in [5.41, 5.74) is 1.95. The molecule has 4 atom stereocenters. The van der Waals surface area contributed by atoms with Gasteiger partial charge in [-0.3, -0.25) is 4.57 Å². The van der Waals surface area contributed by atoms with Crippen LogP contribution in [0.5, 0.6) is 0 Å². The van der Waals surface area contributed by atoms with Crippen molar-refractivity contribution in [2.45, 2.75) is 43.8 Å². The van der Waals surface area contributed by atoms with Crippen LogP contribution < -0.4 is 10.2 Å². The van der Waals surface area contributed by atoms with Gasteiger partial charge in [0.2, 0.25) is 11.8 Å². The van der Waals surface area contributed by atoms with Gasteiger partial charge in [0, 0.05) is 19.6 Å². The quantitative estimate of drug-likeness (QED) is 0.177. The zero-order valence-electron chi connectivity index (χ0n) is 22.9. The maximum absolute atomic E-state index is 11.0. The van der Waals surface area contributed by atoms with Gasteiger partial charge in [-0.05, 0) is 43.1 Å². The van der Waals surface area contributed by atoms with Gasteiger partial charge in [0.15, 0.2) is 29.3 Å². The fourth-order valence-electron chi connectivity index (χ4n) is 5.39. The zero-order chi connectivity index (χ0) is 28.3. The van der Waals surface area contributed by atoms with Crippen LogP contribution in [0.15, 0.2) is 36.7 Å². The first-order valence-corrected chi connectivity index (χ1v) is 13.9. The second-order valence-electron chi connectivity index (χ2n) is 10.4. The number of imidazole rings is 1. The van der Waals surface area contributed by atoms with Gasteiger partial charge in [0.25, 0.3) is 0 Å². The minimum Gasteiger partial charge on any atom is -0.387 e. The van der Waals surface area contributed by atoms with Crippen molar-refractivity contribution in [3.8, 4) is 0 Å². The van der Waals surface area contributed by atoms with Crippen molar-refractivity contribution < 1.29 is 20.1 Å². The highest BCUT2D eigenvalue weighted by Crippen LogP contribution is 2.39. The van der Waals surface area contributed by atoms with Crippen molar-refractivity contribution >= 4 is 22.9 Å². The first-order valence-electron chi connectivity index (χ1n) is 13.9. The summed E-state index contributed by atoms with van der Waals surface area (Å²) >= 11 is 0. The molecule has 0 saturated carbocycles. The van der Waals surface area contributed by atoms with Crippen LogP contribution in [0.2, 0.25) is 0 Å². The fourth-order valence-corrected chi connectivity index (χ4v) is 5.39. The van der Waals surface area contributed by atoms with Gasteiger partial charge >= 0.3 is 0 Å².